The van der Waals surface area contributed by atoms with E-state index in [0.29, 0.717) is 11.4 Å². The molecule has 5 rings (SSSR count). The molecule has 8 heteroatoms. The van der Waals surface area contributed by atoms with Crippen LogP contribution in [0.1, 0.15) is 40.6 Å². The van der Waals surface area contributed by atoms with Gasteiger partial charge in [0.05, 0.1) is 15.9 Å². The second-order valence-corrected chi connectivity index (χ2v) is 9.97. The van der Waals surface area contributed by atoms with Crippen LogP contribution in [0.2, 0.25) is 0 Å². The second-order valence-electron chi connectivity index (χ2n) is 8.25. The lowest BCUT2D eigenvalue weighted by molar-refractivity contribution is 0.0941. The number of amides is 1. The number of sulfonamides is 1. The molecule has 4 aromatic rings. The Hall–Kier alpha value is -3.49. The van der Waals surface area contributed by atoms with Crippen LogP contribution in [0.3, 0.4) is 0 Å². The minimum atomic E-state index is -3.56. The largest absolute Gasteiger partial charge is 0.338 e. The van der Waals surface area contributed by atoms with Crippen molar-refractivity contribution in [3.8, 4) is 0 Å². The van der Waals surface area contributed by atoms with Crippen molar-refractivity contribution in [2.75, 3.05) is 0 Å². The zero-order valence-electron chi connectivity index (χ0n) is 18.1. The number of nitrogens with one attached hydrogen (secondary N) is 2. The van der Waals surface area contributed by atoms with Gasteiger partial charge in [-0.3, -0.25) is 4.79 Å². The van der Waals surface area contributed by atoms with Gasteiger partial charge < -0.3 is 9.88 Å². The highest BCUT2D eigenvalue weighted by atomic mass is 32.2. The molecule has 1 atom stereocenters. The van der Waals surface area contributed by atoms with E-state index in [4.69, 9.17) is 4.98 Å². The Morgan fingerprint density at radius 1 is 0.970 bits per heavy atom. The topological polar surface area (TPSA) is 93.1 Å². The van der Waals surface area contributed by atoms with Gasteiger partial charge in [0.15, 0.2) is 0 Å². The van der Waals surface area contributed by atoms with Crippen molar-refractivity contribution in [1.29, 1.82) is 0 Å². The maximum absolute atomic E-state index is 13.2. The summed E-state index contributed by atoms with van der Waals surface area (Å²) in [6.45, 7) is 0. The molecule has 1 aliphatic rings. The number of rotatable bonds is 7. The fraction of sp³-hybridized carbons (Fsp3) is 0.200. The van der Waals surface area contributed by atoms with E-state index in [9.17, 15) is 13.2 Å². The van der Waals surface area contributed by atoms with Crippen LogP contribution in [0.15, 0.2) is 83.8 Å². The van der Waals surface area contributed by atoms with Gasteiger partial charge in [-0.1, -0.05) is 42.5 Å². The normalized spacial score (nSPS) is 14.8. The van der Waals surface area contributed by atoms with E-state index >= 15 is 0 Å². The zero-order chi connectivity index (χ0) is 23.0. The summed E-state index contributed by atoms with van der Waals surface area (Å²) in [7, 11) is -1.63. The van der Waals surface area contributed by atoms with Gasteiger partial charge >= 0.3 is 0 Å². The zero-order valence-corrected chi connectivity index (χ0v) is 18.9. The molecule has 0 spiro atoms. The molecule has 0 saturated heterocycles. The molecule has 1 unspecified atom stereocenters. The van der Waals surface area contributed by atoms with Gasteiger partial charge in [-0.2, -0.15) is 0 Å². The number of carbonyl (C=O) groups excluding carboxylic acids is 1. The summed E-state index contributed by atoms with van der Waals surface area (Å²) in [5, 5.41) is 3.08. The Bertz CT molecular complexity index is 1410. The third-order valence-electron chi connectivity index (χ3n) is 5.81. The molecule has 7 nitrogen and oxygen atoms in total. The summed E-state index contributed by atoms with van der Waals surface area (Å²) in [6.07, 6.45) is 1.73. The molecule has 0 aliphatic heterocycles. The quantitative estimate of drug-likeness (QED) is 0.441. The SMILES string of the molecule is Cn1c(C(NC(=O)c2ccc(S(=O)(=O)NC3CC3)cc2)c2ccccc2)nc2ccccc21. The lowest BCUT2D eigenvalue weighted by Crippen LogP contribution is -2.31. The minimum Gasteiger partial charge on any atom is -0.338 e. The lowest BCUT2D eigenvalue weighted by atomic mass is 10.1. The van der Waals surface area contributed by atoms with Gasteiger partial charge in [0.25, 0.3) is 5.91 Å². The number of aryl methyl sites for hydroxylation is 1. The van der Waals surface area contributed by atoms with Crippen LogP contribution >= 0.6 is 0 Å². The van der Waals surface area contributed by atoms with Gasteiger partial charge in [-0.05, 0) is 54.8 Å². The van der Waals surface area contributed by atoms with Crippen molar-refractivity contribution < 1.29 is 13.2 Å². The van der Waals surface area contributed by atoms with Gasteiger partial charge in [0.1, 0.15) is 11.9 Å². The molecule has 2 N–H and O–H groups in total. The smallest absolute Gasteiger partial charge is 0.252 e. The molecular weight excluding hydrogens is 436 g/mol. The van der Waals surface area contributed by atoms with Gasteiger partial charge in [-0.25, -0.2) is 18.1 Å². The molecule has 1 aromatic heterocycles. The Morgan fingerprint density at radius 3 is 2.30 bits per heavy atom. The minimum absolute atomic E-state index is 0.0258. The molecule has 168 valence electrons. The first-order chi connectivity index (χ1) is 15.9. The number of nitrogens with zero attached hydrogens (tertiary/aromatic N) is 2. The van der Waals surface area contributed by atoms with Crippen LogP contribution in [0.5, 0.6) is 0 Å². The number of benzene rings is 3. The molecule has 1 fully saturated rings. The number of carbonyl (C=O) groups is 1. The number of imidazole rings is 1. The van der Waals surface area contributed by atoms with E-state index in [2.05, 4.69) is 10.0 Å². The molecule has 0 bridgehead atoms. The monoisotopic (exact) mass is 460 g/mol. The fourth-order valence-corrected chi connectivity index (χ4v) is 5.16. The Labute approximate surface area is 192 Å². The summed E-state index contributed by atoms with van der Waals surface area (Å²) in [4.78, 5) is 18.1. The van der Waals surface area contributed by atoms with Crippen LogP contribution < -0.4 is 10.0 Å². The van der Waals surface area contributed by atoms with Crippen LogP contribution in [0.4, 0.5) is 0 Å². The summed E-state index contributed by atoms with van der Waals surface area (Å²) in [6, 6.07) is 23.0. The molecule has 1 heterocycles. The van der Waals surface area contributed by atoms with E-state index in [0.717, 1.165) is 29.4 Å². The molecular formula is C25H24N4O3S. The van der Waals surface area contributed by atoms with Crippen molar-refractivity contribution in [3.63, 3.8) is 0 Å². The predicted octanol–water partition coefficient (Wildman–Crippen LogP) is 3.53. The predicted molar refractivity (Wildman–Crippen MR) is 126 cm³/mol. The Kier molecular flexibility index (Phi) is 5.47. The number of hydrogen-bond donors (Lipinski definition) is 2. The van der Waals surface area contributed by atoms with Crippen molar-refractivity contribution in [1.82, 2.24) is 19.6 Å². The fourth-order valence-electron chi connectivity index (χ4n) is 3.85. The highest BCUT2D eigenvalue weighted by Crippen LogP contribution is 2.26. The molecule has 1 saturated carbocycles. The molecule has 3 aromatic carbocycles. The maximum atomic E-state index is 13.2. The lowest BCUT2D eigenvalue weighted by Gasteiger charge is -2.19. The molecule has 0 radical (unpaired) electrons. The van der Waals surface area contributed by atoms with Gasteiger partial charge in [-0.15, -0.1) is 0 Å². The molecule has 33 heavy (non-hydrogen) atoms. The molecule has 1 aliphatic carbocycles. The number of fused-ring (bicyclic) bond motifs is 1. The highest BCUT2D eigenvalue weighted by molar-refractivity contribution is 7.89. The van der Waals surface area contributed by atoms with Crippen molar-refractivity contribution >= 4 is 27.0 Å². The van der Waals surface area contributed by atoms with E-state index in [-0.39, 0.29) is 16.8 Å². The van der Waals surface area contributed by atoms with E-state index < -0.39 is 16.1 Å². The Balaban J connectivity index is 1.44. The average molecular weight is 461 g/mol. The van der Waals surface area contributed by atoms with Crippen LogP contribution in [-0.4, -0.2) is 29.9 Å². The van der Waals surface area contributed by atoms with Crippen LogP contribution in [-0.2, 0) is 17.1 Å². The van der Waals surface area contributed by atoms with Crippen LogP contribution in [0.25, 0.3) is 11.0 Å². The van der Waals surface area contributed by atoms with Crippen LogP contribution in [0, 0.1) is 0 Å². The number of para-hydroxylation sites is 2. The first-order valence-electron chi connectivity index (χ1n) is 10.8. The molecule has 1 amide bonds. The van der Waals surface area contributed by atoms with Crippen molar-refractivity contribution in [3.05, 3.63) is 95.8 Å². The standard InChI is InChI=1S/C25H24N4O3S/c1-29-22-10-6-5-9-21(22)26-24(29)23(17-7-3-2-4-8-17)27-25(30)18-11-15-20(16-12-18)33(31,32)28-19-13-14-19/h2-12,15-16,19,23,28H,13-14H2,1H3,(H,27,30). The Morgan fingerprint density at radius 2 is 1.64 bits per heavy atom. The number of aromatic nitrogens is 2. The van der Waals surface area contributed by atoms with E-state index in [1.54, 1.807) is 0 Å². The summed E-state index contributed by atoms with van der Waals surface area (Å²) < 4.78 is 29.5. The third kappa shape index (κ3) is 4.40. The van der Waals surface area contributed by atoms with Gasteiger partial charge in [0, 0.05) is 18.7 Å². The first kappa shape index (κ1) is 21.4. The van der Waals surface area contributed by atoms with Gasteiger partial charge in [0.2, 0.25) is 10.0 Å². The van der Waals surface area contributed by atoms with E-state index in [1.165, 1.54) is 24.3 Å². The first-order valence-corrected chi connectivity index (χ1v) is 12.3. The second kappa shape index (κ2) is 8.46. The van der Waals surface area contributed by atoms with E-state index in [1.807, 2.05) is 66.2 Å². The maximum Gasteiger partial charge on any atom is 0.252 e. The van der Waals surface area contributed by atoms with Crippen molar-refractivity contribution in [2.24, 2.45) is 7.05 Å². The van der Waals surface area contributed by atoms with Crippen molar-refractivity contribution in [2.45, 2.75) is 29.8 Å². The third-order valence-corrected chi connectivity index (χ3v) is 7.35. The summed E-state index contributed by atoms with van der Waals surface area (Å²) in [5.74, 6) is 0.401. The number of hydrogen-bond acceptors (Lipinski definition) is 4. The average Bonchev–Trinajstić information content (AvgIpc) is 3.58. The summed E-state index contributed by atoms with van der Waals surface area (Å²) in [5.41, 5.74) is 3.10. The summed E-state index contributed by atoms with van der Waals surface area (Å²) >= 11 is 0. The highest BCUT2D eigenvalue weighted by Gasteiger charge is 2.28.